The van der Waals surface area contributed by atoms with E-state index in [-0.39, 0.29) is 10.9 Å². The second-order valence-electron chi connectivity index (χ2n) is 6.53. The van der Waals surface area contributed by atoms with Gasteiger partial charge in [-0.3, -0.25) is 4.79 Å². The Hall–Kier alpha value is -2.80. The maximum atomic E-state index is 13.3. The summed E-state index contributed by atoms with van der Waals surface area (Å²) in [5, 5.41) is 3.73. The van der Waals surface area contributed by atoms with Crippen LogP contribution in [0.25, 0.3) is 6.08 Å². The van der Waals surface area contributed by atoms with Gasteiger partial charge in [0.25, 0.3) is 5.91 Å². The van der Waals surface area contributed by atoms with Gasteiger partial charge in [-0.25, -0.2) is 9.38 Å². The largest absolute Gasteiger partial charge is 0.489 e. The number of rotatable bonds is 5. The van der Waals surface area contributed by atoms with Crippen LogP contribution in [0.3, 0.4) is 0 Å². The van der Waals surface area contributed by atoms with E-state index in [0.717, 1.165) is 11.1 Å². The Morgan fingerprint density at radius 3 is 2.55 bits per heavy atom. The zero-order valence-corrected chi connectivity index (χ0v) is 18.3. The first kappa shape index (κ1) is 21.4. The molecule has 31 heavy (non-hydrogen) atoms. The molecule has 1 saturated heterocycles. The summed E-state index contributed by atoms with van der Waals surface area (Å²) in [7, 11) is 0. The van der Waals surface area contributed by atoms with Gasteiger partial charge in [-0.05, 0) is 59.8 Å². The smallest absolute Gasteiger partial charge is 0.264 e. The lowest BCUT2D eigenvalue weighted by Gasteiger charge is -2.08. The first-order chi connectivity index (χ1) is 15.0. The molecule has 1 fully saturated rings. The lowest BCUT2D eigenvalue weighted by atomic mass is 10.2. The third-order valence-electron chi connectivity index (χ3n) is 4.31. The van der Waals surface area contributed by atoms with Crippen LogP contribution in [0.2, 0.25) is 10.0 Å². The predicted molar refractivity (Wildman–Crippen MR) is 124 cm³/mol. The molecular weight excluding hydrogens is 458 g/mol. The monoisotopic (exact) mass is 472 g/mol. The summed E-state index contributed by atoms with van der Waals surface area (Å²) in [6.45, 7) is 0.367. The summed E-state index contributed by atoms with van der Waals surface area (Å²) in [6.07, 6.45) is 1.76. The van der Waals surface area contributed by atoms with Crippen molar-refractivity contribution >= 4 is 57.8 Å². The van der Waals surface area contributed by atoms with Gasteiger partial charge in [-0.2, -0.15) is 0 Å². The second-order valence-corrected chi connectivity index (χ2v) is 8.37. The fourth-order valence-corrected chi connectivity index (χ4v) is 3.95. The topological polar surface area (TPSA) is 50.7 Å². The average Bonchev–Trinajstić information content (AvgIpc) is 3.10. The summed E-state index contributed by atoms with van der Waals surface area (Å²) in [5.74, 6) is -0.0781. The van der Waals surface area contributed by atoms with Gasteiger partial charge in [0.2, 0.25) is 0 Å². The van der Waals surface area contributed by atoms with Crippen LogP contribution in [-0.2, 0) is 11.4 Å². The zero-order chi connectivity index (χ0) is 21.8. The minimum Gasteiger partial charge on any atom is -0.489 e. The molecule has 0 aliphatic carbocycles. The number of hydrogen-bond acceptors (Lipinski definition) is 4. The molecule has 1 aliphatic heterocycles. The number of nitrogens with zero attached hydrogens (tertiary/aromatic N) is 1. The standard InChI is InChI=1S/C23H15Cl2FN2O2S/c24-18-4-2-1-3-15(18)13-30-17-8-5-14(6-9-17)11-21-22(29)28-23(31-21)27-16-7-10-20(26)19(25)12-16/h1-12H,13H2,(H,27,28,29). The Morgan fingerprint density at radius 1 is 1.03 bits per heavy atom. The number of amides is 1. The number of aliphatic imine (C=N–C) groups is 1. The van der Waals surface area contributed by atoms with Crippen molar-refractivity contribution < 1.29 is 13.9 Å². The maximum absolute atomic E-state index is 13.3. The van der Waals surface area contributed by atoms with Crippen molar-refractivity contribution in [2.75, 3.05) is 0 Å². The molecule has 3 aromatic rings. The van der Waals surface area contributed by atoms with E-state index in [4.69, 9.17) is 27.9 Å². The summed E-state index contributed by atoms with van der Waals surface area (Å²) >= 11 is 13.1. The fourth-order valence-electron chi connectivity index (χ4n) is 2.74. The van der Waals surface area contributed by atoms with Gasteiger partial charge < -0.3 is 10.1 Å². The molecule has 3 aromatic carbocycles. The van der Waals surface area contributed by atoms with Crippen LogP contribution in [0, 0.1) is 5.82 Å². The molecule has 4 nitrogen and oxygen atoms in total. The minimum atomic E-state index is -0.520. The molecule has 0 saturated carbocycles. The molecule has 1 aliphatic rings. The highest BCUT2D eigenvalue weighted by atomic mass is 35.5. The molecule has 0 bridgehead atoms. The molecule has 0 unspecified atom stereocenters. The van der Waals surface area contributed by atoms with Gasteiger partial charge in [0.15, 0.2) is 5.17 Å². The van der Waals surface area contributed by atoms with Crippen molar-refractivity contribution in [2.24, 2.45) is 4.99 Å². The molecule has 0 aromatic heterocycles. The third-order valence-corrected chi connectivity index (χ3v) is 5.88. The van der Waals surface area contributed by atoms with Crippen LogP contribution in [0.15, 0.2) is 76.6 Å². The lowest BCUT2D eigenvalue weighted by molar-refractivity contribution is -0.115. The number of ether oxygens (including phenoxy) is 1. The Bertz CT molecular complexity index is 1200. The molecule has 1 heterocycles. The van der Waals surface area contributed by atoms with Crippen molar-refractivity contribution in [3.63, 3.8) is 0 Å². The van der Waals surface area contributed by atoms with Crippen molar-refractivity contribution in [3.8, 4) is 5.75 Å². The Kier molecular flexibility index (Phi) is 6.61. The van der Waals surface area contributed by atoms with E-state index in [0.29, 0.717) is 33.1 Å². The molecule has 1 N–H and O–H groups in total. The van der Waals surface area contributed by atoms with Gasteiger partial charge >= 0.3 is 0 Å². The van der Waals surface area contributed by atoms with Gasteiger partial charge in [-0.15, -0.1) is 0 Å². The van der Waals surface area contributed by atoms with Crippen LogP contribution in [0.4, 0.5) is 10.1 Å². The molecule has 4 rings (SSSR count). The van der Waals surface area contributed by atoms with E-state index in [1.165, 1.54) is 30.0 Å². The quantitative estimate of drug-likeness (QED) is 0.425. The van der Waals surface area contributed by atoms with Gasteiger partial charge in [0.1, 0.15) is 18.2 Å². The zero-order valence-electron chi connectivity index (χ0n) is 15.9. The number of hydrogen-bond donors (Lipinski definition) is 1. The van der Waals surface area contributed by atoms with Gasteiger partial charge in [0.05, 0.1) is 15.6 Å². The van der Waals surface area contributed by atoms with Crippen molar-refractivity contribution in [1.82, 2.24) is 5.32 Å². The van der Waals surface area contributed by atoms with Crippen LogP contribution >= 0.6 is 35.0 Å². The summed E-state index contributed by atoms with van der Waals surface area (Å²) in [5.41, 5.74) is 2.20. The van der Waals surface area contributed by atoms with Crippen molar-refractivity contribution in [2.45, 2.75) is 6.61 Å². The molecule has 156 valence electrons. The minimum absolute atomic E-state index is 0.0243. The number of halogens is 3. The normalized spacial score (nSPS) is 16.0. The Labute approximate surface area is 192 Å². The maximum Gasteiger partial charge on any atom is 0.264 e. The number of carbonyl (C=O) groups is 1. The first-order valence-corrected chi connectivity index (χ1v) is 10.8. The molecule has 0 radical (unpaired) electrons. The van der Waals surface area contributed by atoms with Gasteiger partial charge in [0, 0.05) is 10.6 Å². The summed E-state index contributed by atoms with van der Waals surface area (Å²) in [4.78, 5) is 17.1. The third kappa shape index (κ3) is 5.47. The van der Waals surface area contributed by atoms with E-state index in [1.54, 1.807) is 6.08 Å². The van der Waals surface area contributed by atoms with Crippen LogP contribution in [-0.4, -0.2) is 11.1 Å². The Morgan fingerprint density at radius 2 is 1.81 bits per heavy atom. The fraction of sp³-hybridized carbons (Fsp3) is 0.0435. The molecule has 1 amide bonds. The Balaban J connectivity index is 1.42. The molecule has 0 atom stereocenters. The lowest BCUT2D eigenvalue weighted by Crippen LogP contribution is -2.19. The van der Waals surface area contributed by atoms with Crippen molar-refractivity contribution in [1.29, 1.82) is 0 Å². The van der Waals surface area contributed by atoms with E-state index in [2.05, 4.69) is 10.3 Å². The van der Waals surface area contributed by atoms with E-state index in [9.17, 15) is 9.18 Å². The molecular formula is C23H15Cl2FN2O2S. The highest BCUT2D eigenvalue weighted by Crippen LogP contribution is 2.30. The number of benzene rings is 3. The number of amidine groups is 1. The van der Waals surface area contributed by atoms with E-state index in [1.807, 2.05) is 48.5 Å². The molecule has 8 heteroatoms. The van der Waals surface area contributed by atoms with E-state index >= 15 is 0 Å². The van der Waals surface area contributed by atoms with Gasteiger partial charge in [-0.1, -0.05) is 53.5 Å². The first-order valence-electron chi connectivity index (χ1n) is 9.19. The number of thioether (sulfide) groups is 1. The predicted octanol–water partition coefficient (Wildman–Crippen LogP) is 6.60. The van der Waals surface area contributed by atoms with Crippen LogP contribution in [0.1, 0.15) is 11.1 Å². The van der Waals surface area contributed by atoms with Crippen LogP contribution < -0.4 is 10.1 Å². The summed E-state index contributed by atoms with van der Waals surface area (Å²) in [6, 6.07) is 19.0. The van der Waals surface area contributed by atoms with Crippen LogP contribution in [0.5, 0.6) is 5.75 Å². The molecule has 0 spiro atoms. The number of carbonyl (C=O) groups excluding carboxylic acids is 1. The highest BCUT2D eigenvalue weighted by Gasteiger charge is 2.23. The van der Waals surface area contributed by atoms with Crippen molar-refractivity contribution in [3.05, 3.63) is 98.6 Å². The SMILES string of the molecule is O=C1NC(=Nc2ccc(F)c(Cl)c2)SC1=Cc1ccc(OCc2ccccc2Cl)cc1. The number of nitrogens with one attached hydrogen (secondary N) is 1. The second kappa shape index (κ2) is 9.56. The van der Waals surface area contributed by atoms with E-state index < -0.39 is 5.82 Å². The summed E-state index contributed by atoms with van der Waals surface area (Å²) < 4.78 is 19.1. The average molecular weight is 473 g/mol. The highest BCUT2D eigenvalue weighted by molar-refractivity contribution is 8.18.